The first-order valence-corrected chi connectivity index (χ1v) is 9.37. The molecule has 4 rings (SSSR count). The number of carbonyl (C=O) groups excluding carboxylic acids is 1. The Morgan fingerprint density at radius 1 is 0.862 bits per heavy atom. The third-order valence-electron chi connectivity index (χ3n) is 4.91. The minimum atomic E-state index is -0.386. The molecule has 1 N–H and O–H groups in total. The second-order valence-electron chi connectivity index (χ2n) is 6.79. The predicted molar refractivity (Wildman–Crippen MR) is 109 cm³/mol. The predicted octanol–water partition coefficient (Wildman–Crippen LogP) is 3.94. The number of amides is 1. The van der Waals surface area contributed by atoms with Crippen molar-refractivity contribution >= 4 is 23.1 Å². The van der Waals surface area contributed by atoms with Gasteiger partial charge in [-0.2, -0.15) is 0 Å². The maximum Gasteiger partial charge on any atom is 0.255 e. The van der Waals surface area contributed by atoms with Crippen LogP contribution in [-0.2, 0) is 0 Å². The Kier molecular flexibility index (Phi) is 5.37. The number of para-hydroxylation sites is 1. The van der Waals surface area contributed by atoms with E-state index in [4.69, 9.17) is 0 Å². The zero-order chi connectivity index (χ0) is 20.2. The Morgan fingerprint density at radius 2 is 1.55 bits per heavy atom. The molecule has 2 aromatic carbocycles. The Labute approximate surface area is 167 Å². The van der Waals surface area contributed by atoms with E-state index < -0.39 is 0 Å². The van der Waals surface area contributed by atoms with Crippen LogP contribution in [0.15, 0.2) is 66.9 Å². The van der Waals surface area contributed by atoms with E-state index in [1.807, 2.05) is 17.0 Å². The molecule has 29 heavy (non-hydrogen) atoms. The summed E-state index contributed by atoms with van der Waals surface area (Å²) in [4.78, 5) is 20.8. The number of anilines is 3. The van der Waals surface area contributed by atoms with Crippen LogP contribution in [0, 0.1) is 11.6 Å². The molecule has 1 amide bonds. The van der Waals surface area contributed by atoms with Crippen LogP contribution in [0.2, 0.25) is 0 Å². The second-order valence-corrected chi connectivity index (χ2v) is 6.79. The smallest absolute Gasteiger partial charge is 0.255 e. The molecule has 3 aromatic rings. The van der Waals surface area contributed by atoms with Crippen molar-refractivity contribution < 1.29 is 13.6 Å². The number of nitrogens with one attached hydrogen (secondary N) is 1. The average Bonchev–Trinajstić information content (AvgIpc) is 2.75. The van der Waals surface area contributed by atoms with Crippen molar-refractivity contribution in [2.24, 2.45) is 0 Å². The number of carbonyl (C=O) groups is 1. The van der Waals surface area contributed by atoms with Gasteiger partial charge in [0.1, 0.15) is 17.5 Å². The Balaban J connectivity index is 1.35. The fourth-order valence-corrected chi connectivity index (χ4v) is 3.34. The van der Waals surface area contributed by atoms with E-state index >= 15 is 0 Å². The van der Waals surface area contributed by atoms with Gasteiger partial charge in [0.25, 0.3) is 5.91 Å². The number of aromatic nitrogens is 1. The lowest BCUT2D eigenvalue weighted by Gasteiger charge is -2.36. The van der Waals surface area contributed by atoms with Gasteiger partial charge in [0.05, 0.1) is 17.6 Å². The standard InChI is InChI=1S/C22H20F2N4O/c23-17-7-5-16(6-8-17)22(29)26-18-9-10-21(25-15-18)28-13-11-27(12-14-28)20-4-2-1-3-19(20)24/h1-10,15H,11-14H2,(H,26,29). The molecule has 0 spiro atoms. The van der Waals surface area contributed by atoms with Crippen molar-refractivity contribution in [2.75, 3.05) is 41.3 Å². The van der Waals surface area contributed by atoms with Crippen LogP contribution in [0.1, 0.15) is 10.4 Å². The number of nitrogens with zero attached hydrogens (tertiary/aromatic N) is 3. The molecule has 1 aliphatic heterocycles. The topological polar surface area (TPSA) is 48.5 Å². The van der Waals surface area contributed by atoms with Crippen molar-refractivity contribution in [3.8, 4) is 0 Å². The zero-order valence-electron chi connectivity index (χ0n) is 15.7. The first kappa shape index (κ1) is 18.9. The van der Waals surface area contributed by atoms with Gasteiger partial charge in [-0.3, -0.25) is 4.79 Å². The SMILES string of the molecule is O=C(Nc1ccc(N2CCN(c3ccccc3F)CC2)nc1)c1ccc(F)cc1. The number of hydrogen-bond donors (Lipinski definition) is 1. The highest BCUT2D eigenvalue weighted by molar-refractivity contribution is 6.04. The highest BCUT2D eigenvalue weighted by atomic mass is 19.1. The largest absolute Gasteiger partial charge is 0.366 e. The number of benzene rings is 2. The van der Waals surface area contributed by atoms with Crippen molar-refractivity contribution in [2.45, 2.75) is 0 Å². The zero-order valence-corrected chi connectivity index (χ0v) is 15.7. The molecular formula is C22H20F2N4O. The number of hydrogen-bond acceptors (Lipinski definition) is 4. The fraction of sp³-hybridized carbons (Fsp3) is 0.182. The normalized spacial score (nSPS) is 14.0. The average molecular weight is 394 g/mol. The molecule has 7 heteroatoms. The molecule has 1 aliphatic rings. The minimum Gasteiger partial charge on any atom is -0.366 e. The van der Waals surface area contributed by atoms with Crippen LogP contribution >= 0.6 is 0 Å². The lowest BCUT2D eigenvalue weighted by atomic mass is 10.2. The molecule has 1 aromatic heterocycles. The molecular weight excluding hydrogens is 374 g/mol. The Morgan fingerprint density at radius 3 is 2.21 bits per heavy atom. The maximum absolute atomic E-state index is 14.0. The van der Waals surface area contributed by atoms with E-state index in [-0.39, 0.29) is 17.5 Å². The lowest BCUT2D eigenvalue weighted by molar-refractivity contribution is 0.102. The van der Waals surface area contributed by atoms with Gasteiger partial charge in [0, 0.05) is 31.7 Å². The van der Waals surface area contributed by atoms with Crippen LogP contribution in [0.3, 0.4) is 0 Å². The summed E-state index contributed by atoms with van der Waals surface area (Å²) >= 11 is 0. The van der Waals surface area contributed by atoms with Crippen LogP contribution in [-0.4, -0.2) is 37.1 Å². The molecule has 148 valence electrons. The van der Waals surface area contributed by atoms with Crippen LogP contribution in [0.25, 0.3) is 0 Å². The summed E-state index contributed by atoms with van der Waals surface area (Å²) in [6.07, 6.45) is 1.60. The molecule has 0 radical (unpaired) electrons. The summed E-state index contributed by atoms with van der Waals surface area (Å²) in [5, 5.41) is 2.75. The van der Waals surface area contributed by atoms with E-state index in [0.29, 0.717) is 30.0 Å². The van der Waals surface area contributed by atoms with Gasteiger partial charge in [0.2, 0.25) is 0 Å². The van der Waals surface area contributed by atoms with E-state index in [1.165, 1.54) is 30.3 Å². The molecule has 0 atom stereocenters. The molecule has 0 bridgehead atoms. The Hall–Kier alpha value is -3.48. The van der Waals surface area contributed by atoms with E-state index in [0.717, 1.165) is 18.9 Å². The van der Waals surface area contributed by atoms with Gasteiger partial charge in [-0.05, 0) is 48.5 Å². The highest BCUT2D eigenvalue weighted by Gasteiger charge is 2.20. The molecule has 0 saturated carbocycles. The maximum atomic E-state index is 14.0. The van der Waals surface area contributed by atoms with Gasteiger partial charge in [-0.1, -0.05) is 12.1 Å². The van der Waals surface area contributed by atoms with Gasteiger partial charge in [-0.15, -0.1) is 0 Å². The number of pyridine rings is 1. The summed E-state index contributed by atoms with van der Waals surface area (Å²) in [6, 6.07) is 15.8. The van der Waals surface area contributed by atoms with Gasteiger partial charge < -0.3 is 15.1 Å². The fourth-order valence-electron chi connectivity index (χ4n) is 3.34. The highest BCUT2D eigenvalue weighted by Crippen LogP contribution is 2.22. The summed E-state index contributed by atoms with van der Waals surface area (Å²) in [5.41, 5.74) is 1.56. The molecule has 2 heterocycles. The summed E-state index contributed by atoms with van der Waals surface area (Å²) in [7, 11) is 0. The molecule has 0 unspecified atom stereocenters. The van der Waals surface area contributed by atoms with Crippen LogP contribution < -0.4 is 15.1 Å². The molecule has 1 fully saturated rings. The summed E-state index contributed by atoms with van der Waals surface area (Å²) in [6.45, 7) is 2.85. The minimum absolute atomic E-state index is 0.208. The first-order valence-electron chi connectivity index (χ1n) is 9.37. The van der Waals surface area contributed by atoms with Crippen molar-refractivity contribution in [1.29, 1.82) is 0 Å². The van der Waals surface area contributed by atoms with Crippen molar-refractivity contribution in [3.05, 3.63) is 84.1 Å². The van der Waals surface area contributed by atoms with Crippen molar-refractivity contribution in [1.82, 2.24) is 4.98 Å². The second kappa shape index (κ2) is 8.26. The van der Waals surface area contributed by atoms with Crippen LogP contribution in [0.4, 0.5) is 26.0 Å². The van der Waals surface area contributed by atoms with Gasteiger partial charge in [0.15, 0.2) is 0 Å². The molecule has 1 saturated heterocycles. The van der Waals surface area contributed by atoms with E-state index in [1.54, 1.807) is 24.4 Å². The van der Waals surface area contributed by atoms with Gasteiger partial charge >= 0.3 is 0 Å². The van der Waals surface area contributed by atoms with Gasteiger partial charge in [-0.25, -0.2) is 13.8 Å². The van der Waals surface area contributed by atoms with Crippen LogP contribution in [0.5, 0.6) is 0 Å². The number of piperazine rings is 1. The lowest BCUT2D eigenvalue weighted by Crippen LogP contribution is -2.47. The van der Waals surface area contributed by atoms with Crippen molar-refractivity contribution in [3.63, 3.8) is 0 Å². The van der Waals surface area contributed by atoms with E-state index in [2.05, 4.69) is 15.2 Å². The summed E-state index contributed by atoms with van der Waals surface area (Å²) in [5.74, 6) is -0.112. The third kappa shape index (κ3) is 4.34. The third-order valence-corrected chi connectivity index (χ3v) is 4.91. The molecule has 5 nitrogen and oxygen atoms in total. The monoisotopic (exact) mass is 394 g/mol. The first-order chi connectivity index (χ1) is 14.1. The quantitative estimate of drug-likeness (QED) is 0.728. The number of rotatable bonds is 4. The summed E-state index contributed by atoms with van der Waals surface area (Å²) < 4.78 is 26.9. The Bertz CT molecular complexity index is 984. The van der Waals surface area contributed by atoms with E-state index in [9.17, 15) is 13.6 Å². The molecule has 0 aliphatic carbocycles. The number of halogens is 2.